The van der Waals surface area contributed by atoms with Gasteiger partial charge in [-0.25, -0.2) is 26.3 Å². The minimum Gasteiger partial charge on any atom is -0.453 e. The van der Waals surface area contributed by atoms with E-state index in [2.05, 4.69) is 24.2 Å². The Balaban J connectivity index is 0.000000184. The lowest BCUT2D eigenvalue weighted by Crippen LogP contribution is -2.65. The molecular weight excluding hydrogens is 1040 g/mol. The van der Waals surface area contributed by atoms with Gasteiger partial charge in [-0.2, -0.15) is 0 Å². The van der Waals surface area contributed by atoms with Crippen LogP contribution in [0, 0.1) is 0 Å². The fourth-order valence-electron chi connectivity index (χ4n) is 9.23. The predicted octanol–water partition coefficient (Wildman–Crippen LogP) is 7.28. The van der Waals surface area contributed by atoms with Gasteiger partial charge in [0.15, 0.2) is 23.0 Å². The first-order valence-electron chi connectivity index (χ1n) is 22.9. The van der Waals surface area contributed by atoms with Gasteiger partial charge in [0.1, 0.15) is 11.5 Å². The van der Waals surface area contributed by atoms with Gasteiger partial charge in [0.05, 0.1) is 68.9 Å². The Morgan fingerprint density at radius 2 is 0.907 bits per heavy atom. The van der Waals surface area contributed by atoms with Crippen molar-refractivity contribution >= 4 is 48.7 Å². The SMILES string of the molecule is CC(=O)N1C[C@@H](NS(=O)(=O)c2ccc(OC(F)(F)F)cc2)[C@H](O)[C@@H](N2c3ccccc3Oc3ccccc32)C1.O=S(=O)(N[C@@H]1CNC[C@H](N2c3ccccc3Oc3ccccc32)[C@H]1O)c1ccc(OC(F)(F)F)cc1. The lowest BCUT2D eigenvalue weighted by molar-refractivity contribution is -0.275. The van der Waals surface area contributed by atoms with E-state index in [1.54, 1.807) is 48.5 Å². The fraction of sp³-hybridized carbons (Fsp3) is 0.260. The van der Waals surface area contributed by atoms with Gasteiger partial charge < -0.3 is 49.2 Å². The highest BCUT2D eigenvalue weighted by atomic mass is 32.2. The van der Waals surface area contributed by atoms with Crippen LogP contribution in [0.15, 0.2) is 155 Å². The molecule has 0 spiro atoms. The maximum absolute atomic E-state index is 13.2. The summed E-state index contributed by atoms with van der Waals surface area (Å²) in [7, 11) is -8.46. The zero-order chi connectivity index (χ0) is 53.5. The molecule has 6 aromatic rings. The zero-order valence-corrected chi connectivity index (χ0v) is 40.8. The molecule has 0 aromatic heterocycles. The molecule has 4 aliphatic rings. The number of hydrogen-bond acceptors (Lipinski definition) is 14. The van der Waals surface area contributed by atoms with Gasteiger partial charge in [-0.1, -0.05) is 48.5 Å². The molecule has 4 heterocycles. The Hall–Kier alpha value is -7.13. The van der Waals surface area contributed by atoms with Crippen LogP contribution >= 0.6 is 0 Å². The van der Waals surface area contributed by atoms with Gasteiger partial charge in [0.2, 0.25) is 26.0 Å². The summed E-state index contributed by atoms with van der Waals surface area (Å²) in [5, 5.41) is 26.0. The van der Waals surface area contributed by atoms with E-state index >= 15 is 0 Å². The fourth-order valence-corrected chi connectivity index (χ4v) is 11.7. The number of aliphatic hydroxyl groups is 2. The molecule has 0 bridgehead atoms. The van der Waals surface area contributed by atoms with Crippen LogP contribution in [0.5, 0.6) is 34.5 Å². The molecule has 75 heavy (non-hydrogen) atoms. The maximum Gasteiger partial charge on any atom is 0.573 e. The number of likely N-dealkylation sites (tertiary alicyclic amines) is 1. The number of halogens is 6. The zero-order valence-electron chi connectivity index (χ0n) is 39.1. The summed E-state index contributed by atoms with van der Waals surface area (Å²) in [5.41, 5.74) is 2.72. The number of alkyl halides is 6. The molecule has 0 aliphatic carbocycles. The van der Waals surface area contributed by atoms with Crippen LogP contribution in [0.1, 0.15) is 6.92 Å². The third kappa shape index (κ3) is 11.7. The standard InChI is InChI=1S/C26H24F3N3O6S.C24H22F3N3O5S/c1-16(33)31-14-19(30-39(35,36)18-12-10-17(11-13-18)38-26(27,28)29)25(34)22(15-31)32-20-6-2-4-8-23(20)37-24-9-5-3-7-21(24)32;25-24(26,27)35-15-9-11-16(12-10-15)36(32,33)29-17-13-28-14-20(23(17)31)30-18-5-1-3-7-21(18)34-22-8-4-2-6-19(22)30/h2-13,19,22,25,30,34H,14-15H2,1H3;1-12,17,20,23,28-29,31H,13-14H2/t19-,22+,25+;17-,20+,23+/m11/s1. The summed E-state index contributed by atoms with van der Waals surface area (Å²) in [6, 6.07) is 33.2. The largest absolute Gasteiger partial charge is 0.573 e. The highest BCUT2D eigenvalue weighted by molar-refractivity contribution is 7.89. The number of rotatable bonds is 10. The number of nitrogens with one attached hydrogen (secondary N) is 3. The van der Waals surface area contributed by atoms with Crippen molar-refractivity contribution in [1.82, 2.24) is 19.7 Å². The Kier molecular flexibility index (Phi) is 14.7. The number of benzene rings is 6. The molecule has 25 heteroatoms. The normalized spacial score (nSPS) is 21.4. The van der Waals surface area contributed by atoms with Crippen molar-refractivity contribution in [2.24, 2.45) is 0 Å². The van der Waals surface area contributed by atoms with Gasteiger partial charge in [-0.3, -0.25) is 4.79 Å². The molecular formula is C50H46F6N6O11S2. The Morgan fingerprint density at radius 1 is 0.547 bits per heavy atom. The van der Waals surface area contributed by atoms with Crippen LogP contribution in [0.4, 0.5) is 49.1 Å². The van der Waals surface area contributed by atoms with Crippen LogP contribution in [-0.2, 0) is 24.8 Å². The molecule has 396 valence electrons. The first-order chi connectivity index (χ1) is 35.5. The molecule has 5 N–H and O–H groups in total. The highest BCUT2D eigenvalue weighted by Gasteiger charge is 2.45. The highest BCUT2D eigenvalue weighted by Crippen LogP contribution is 2.50. The first kappa shape index (κ1) is 52.7. The Morgan fingerprint density at radius 3 is 1.29 bits per heavy atom. The summed E-state index contributed by atoms with van der Waals surface area (Å²) in [5.74, 6) is 0.833. The number of aliphatic hydroxyl groups excluding tert-OH is 2. The van der Waals surface area contributed by atoms with Crippen LogP contribution < -0.4 is 43.5 Å². The number of carbonyl (C=O) groups is 1. The Labute approximate surface area is 425 Å². The van der Waals surface area contributed by atoms with Gasteiger partial charge >= 0.3 is 12.7 Å². The number of ether oxygens (including phenoxy) is 4. The van der Waals surface area contributed by atoms with Crippen molar-refractivity contribution in [3.8, 4) is 34.5 Å². The van der Waals surface area contributed by atoms with E-state index < -0.39 is 80.6 Å². The van der Waals surface area contributed by atoms with Crippen molar-refractivity contribution in [3.05, 3.63) is 146 Å². The third-order valence-electron chi connectivity index (χ3n) is 12.6. The number of carbonyl (C=O) groups excluding carboxylic acids is 1. The second-order valence-electron chi connectivity index (χ2n) is 17.5. The molecule has 2 fully saturated rings. The number of fused-ring (bicyclic) bond motifs is 4. The average molecular weight is 1090 g/mol. The second-order valence-corrected chi connectivity index (χ2v) is 20.9. The lowest BCUT2D eigenvalue weighted by atomic mass is 9.94. The maximum atomic E-state index is 13.2. The van der Waals surface area contributed by atoms with Gasteiger partial charge in [0.25, 0.3) is 0 Å². The lowest BCUT2D eigenvalue weighted by Gasteiger charge is -2.47. The molecule has 1 amide bonds. The molecule has 2 saturated heterocycles. The van der Waals surface area contributed by atoms with Crippen LogP contribution in [0.2, 0.25) is 0 Å². The van der Waals surface area contributed by atoms with E-state index in [9.17, 15) is 58.2 Å². The van der Waals surface area contributed by atoms with Crippen molar-refractivity contribution < 1.29 is 77.1 Å². The monoisotopic (exact) mass is 1080 g/mol. The third-order valence-corrected chi connectivity index (χ3v) is 15.6. The summed E-state index contributed by atoms with van der Waals surface area (Å²) in [4.78, 5) is 17.1. The quantitative estimate of drug-likeness (QED) is 0.0856. The molecule has 0 radical (unpaired) electrons. The number of piperidine rings is 2. The predicted molar refractivity (Wildman–Crippen MR) is 259 cm³/mol. The summed E-state index contributed by atoms with van der Waals surface area (Å²) < 4.78 is 151. The average Bonchev–Trinajstić information content (AvgIpc) is 3.36. The van der Waals surface area contributed by atoms with Crippen LogP contribution in [0.3, 0.4) is 0 Å². The van der Waals surface area contributed by atoms with Crippen LogP contribution in [0.25, 0.3) is 0 Å². The molecule has 4 aliphatic heterocycles. The van der Waals surface area contributed by atoms with E-state index in [1.807, 2.05) is 58.3 Å². The number of anilines is 4. The molecule has 0 saturated carbocycles. The molecule has 17 nitrogen and oxygen atoms in total. The van der Waals surface area contributed by atoms with E-state index in [4.69, 9.17) is 9.47 Å². The van der Waals surface area contributed by atoms with E-state index in [-0.39, 0.29) is 35.3 Å². The summed E-state index contributed by atoms with van der Waals surface area (Å²) in [6.45, 7) is 1.85. The van der Waals surface area contributed by atoms with Crippen LogP contribution in [-0.4, -0.2) is 113 Å². The number of sulfonamides is 2. The molecule has 10 rings (SSSR count). The van der Waals surface area contributed by atoms with E-state index in [0.717, 1.165) is 59.9 Å². The molecule has 0 unspecified atom stereocenters. The minimum absolute atomic E-state index is 0.0981. The van der Waals surface area contributed by atoms with Crippen molar-refractivity contribution in [1.29, 1.82) is 0 Å². The first-order valence-corrected chi connectivity index (χ1v) is 25.9. The number of amides is 1. The minimum atomic E-state index is -4.92. The molecule has 6 aromatic carbocycles. The van der Waals surface area contributed by atoms with Gasteiger partial charge in [-0.15, -0.1) is 26.3 Å². The molecule has 6 atom stereocenters. The van der Waals surface area contributed by atoms with E-state index in [1.165, 1.54) is 11.8 Å². The van der Waals surface area contributed by atoms with Gasteiger partial charge in [-0.05, 0) is 97.1 Å². The number of nitrogens with zero attached hydrogens (tertiary/aromatic N) is 3. The summed E-state index contributed by atoms with van der Waals surface area (Å²) >= 11 is 0. The van der Waals surface area contributed by atoms with Crippen molar-refractivity contribution in [2.45, 2.75) is 65.8 Å². The van der Waals surface area contributed by atoms with E-state index in [0.29, 0.717) is 40.9 Å². The second kappa shape index (κ2) is 20.9. The van der Waals surface area contributed by atoms with Crippen molar-refractivity contribution in [3.63, 3.8) is 0 Å². The number of para-hydroxylation sites is 8. The topological polar surface area (TPSA) is 209 Å². The van der Waals surface area contributed by atoms with Crippen molar-refractivity contribution in [2.75, 3.05) is 36.0 Å². The Bertz CT molecular complexity index is 3180. The van der Waals surface area contributed by atoms with Gasteiger partial charge in [0, 0.05) is 33.1 Å². The summed E-state index contributed by atoms with van der Waals surface area (Å²) in [6.07, 6.45) is -12.2. The number of hydrogen-bond donors (Lipinski definition) is 5. The smallest absolute Gasteiger partial charge is 0.453 e.